The Bertz CT molecular complexity index is 322. The highest BCUT2D eigenvalue weighted by atomic mass is 17.2. The molecule has 0 heterocycles. The van der Waals surface area contributed by atoms with E-state index in [9.17, 15) is 4.79 Å². The first-order chi connectivity index (χ1) is 8.43. The number of esters is 1. The zero-order chi connectivity index (χ0) is 15.3. The van der Waals surface area contributed by atoms with Crippen LogP contribution in [0.4, 0.5) is 0 Å². The van der Waals surface area contributed by atoms with Gasteiger partial charge in [-0.1, -0.05) is 20.8 Å². The monoisotopic (exact) mass is 271 g/mol. The van der Waals surface area contributed by atoms with E-state index in [-0.39, 0.29) is 5.41 Å². The topological polar surface area (TPSA) is 44.8 Å². The first-order valence-corrected chi connectivity index (χ1v) is 6.46. The summed E-state index contributed by atoms with van der Waals surface area (Å²) in [5.74, 6) is -0.433. The molecular weight excluding hydrogens is 244 g/mol. The van der Waals surface area contributed by atoms with Crippen LogP contribution < -0.4 is 0 Å². The molecule has 0 spiro atoms. The third kappa shape index (κ3) is 9.54. The van der Waals surface area contributed by atoms with Crippen molar-refractivity contribution < 1.29 is 19.3 Å². The Labute approximate surface area is 117 Å². The minimum absolute atomic E-state index is 0.138. The molecule has 4 heteroatoms. The summed E-state index contributed by atoms with van der Waals surface area (Å²) in [4.78, 5) is 21.9. The van der Waals surface area contributed by atoms with E-state index >= 15 is 0 Å². The molecule has 0 aromatic carbocycles. The summed E-state index contributed by atoms with van der Waals surface area (Å²) in [5.41, 5.74) is 0.0673. The molecule has 19 heavy (non-hydrogen) atoms. The maximum Gasteiger partial charge on any atom is 0.337 e. The van der Waals surface area contributed by atoms with Crippen molar-refractivity contribution in [2.45, 2.75) is 67.4 Å². The van der Waals surface area contributed by atoms with Crippen LogP contribution in [0.25, 0.3) is 0 Å². The molecule has 0 amide bonds. The molecular formula is C15H27O4. The molecule has 0 fully saturated rings. The van der Waals surface area contributed by atoms with Gasteiger partial charge in [-0.25, -0.2) is 4.79 Å². The highest BCUT2D eigenvalue weighted by Crippen LogP contribution is 2.29. The Hall–Kier alpha value is -1.03. The molecule has 0 bridgehead atoms. The molecule has 0 N–H and O–H groups in total. The van der Waals surface area contributed by atoms with Crippen LogP contribution in [0.3, 0.4) is 0 Å². The van der Waals surface area contributed by atoms with Crippen molar-refractivity contribution >= 4 is 5.97 Å². The Morgan fingerprint density at radius 1 is 1.05 bits per heavy atom. The van der Waals surface area contributed by atoms with Crippen molar-refractivity contribution in [2.24, 2.45) is 5.41 Å². The molecule has 0 rings (SSSR count). The number of hydrogen-bond donors (Lipinski definition) is 0. The number of hydrogen-bond acceptors (Lipinski definition) is 4. The van der Waals surface area contributed by atoms with E-state index in [0.29, 0.717) is 11.7 Å². The fraction of sp³-hybridized carbons (Fsp3) is 0.733. The molecule has 111 valence electrons. The van der Waals surface area contributed by atoms with Crippen LogP contribution in [0.2, 0.25) is 0 Å². The van der Waals surface area contributed by atoms with Gasteiger partial charge < -0.3 is 9.62 Å². The molecule has 1 radical (unpaired) electrons. The van der Waals surface area contributed by atoms with Gasteiger partial charge in [0.15, 0.2) is 0 Å². The minimum Gasteiger partial charge on any atom is -0.452 e. The van der Waals surface area contributed by atoms with Gasteiger partial charge >= 0.3 is 5.97 Å². The van der Waals surface area contributed by atoms with E-state index in [2.05, 4.69) is 20.8 Å². The predicted octanol–water partition coefficient (Wildman–Crippen LogP) is 4.17. The summed E-state index contributed by atoms with van der Waals surface area (Å²) >= 11 is 0. The quantitative estimate of drug-likeness (QED) is 0.239. The van der Waals surface area contributed by atoms with Gasteiger partial charge in [-0.3, -0.25) is 0 Å². The molecule has 0 atom stereocenters. The van der Waals surface area contributed by atoms with Gasteiger partial charge in [-0.15, -0.1) is 0 Å². The maximum absolute atomic E-state index is 11.5. The fourth-order valence-corrected chi connectivity index (χ4v) is 1.85. The number of rotatable bonds is 6. The first kappa shape index (κ1) is 18.0. The van der Waals surface area contributed by atoms with E-state index in [1.807, 2.05) is 13.8 Å². The molecule has 0 saturated heterocycles. The lowest BCUT2D eigenvalue weighted by atomic mass is 9.84. The second-order valence-electron chi connectivity index (χ2n) is 6.78. The average molecular weight is 271 g/mol. The van der Waals surface area contributed by atoms with Crippen molar-refractivity contribution in [3.63, 3.8) is 0 Å². The SMILES string of the molecule is C[C](C)OC(=O)C(C)=COOC(C)(C)CC(C)(C)C. The van der Waals surface area contributed by atoms with Crippen LogP contribution in [-0.4, -0.2) is 11.6 Å². The van der Waals surface area contributed by atoms with E-state index in [1.54, 1.807) is 20.8 Å². The summed E-state index contributed by atoms with van der Waals surface area (Å²) < 4.78 is 4.95. The summed E-state index contributed by atoms with van der Waals surface area (Å²) in [7, 11) is 0. The van der Waals surface area contributed by atoms with Crippen molar-refractivity contribution in [1.29, 1.82) is 0 Å². The first-order valence-electron chi connectivity index (χ1n) is 6.46. The van der Waals surface area contributed by atoms with E-state index < -0.39 is 11.6 Å². The van der Waals surface area contributed by atoms with Crippen molar-refractivity contribution in [3.05, 3.63) is 17.9 Å². The summed E-state index contributed by atoms with van der Waals surface area (Å²) in [6.07, 6.45) is 2.70. The summed E-state index contributed by atoms with van der Waals surface area (Å²) in [6.45, 7) is 15.4. The lowest BCUT2D eigenvalue weighted by Crippen LogP contribution is -2.29. The molecule has 4 nitrogen and oxygen atoms in total. The highest BCUT2D eigenvalue weighted by Gasteiger charge is 2.27. The molecule has 0 aromatic rings. The summed E-state index contributed by atoms with van der Waals surface area (Å²) in [5, 5.41) is 0. The second-order valence-corrected chi connectivity index (χ2v) is 6.78. The van der Waals surface area contributed by atoms with Gasteiger partial charge in [-0.05, 0) is 46.5 Å². The summed E-state index contributed by atoms with van der Waals surface area (Å²) in [6, 6.07) is 0. The van der Waals surface area contributed by atoms with Crippen LogP contribution >= 0.6 is 0 Å². The lowest BCUT2D eigenvalue weighted by molar-refractivity contribution is -0.322. The zero-order valence-electron chi connectivity index (χ0n) is 13.4. The van der Waals surface area contributed by atoms with E-state index in [0.717, 1.165) is 6.42 Å². The predicted molar refractivity (Wildman–Crippen MR) is 74.8 cm³/mol. The van der Waals surface area contributed by atoms with Crippen molar-refractivity contribution in [2.75, 3.05) is 0 Å². The van der Waals surface area contributed by atoms with Gasteiger partial charge in [0.05, 0.1) is 5.57 Å². The van der Waals surface area contributed by atoms with Gasteiger partial charge in [0.1, 0.15) is 18.0 Å². The largest absolute Gasteiger partial charge is 0.452 e. The number of carbonyl (C=O) groups excluding carboxylic acids is 1. The lowest BCUT2D eigenvalue weighted by Gasteiger charge is -2.30. The minimum atomic E-state index is -0.433. The Kier molecular flexibility index (Phi) is 6.57. The van der Waals surface area contributed by atoms with Gasteiger partial charge in [0, 0.05) is 0 Å². The number of carbonyl (C=O) groups is 1. The van der Waals surface area contributed by atoms with Crippen LogP contribution in [-0.2, 0) is 19.3 Å². The van der Waals surface area contributed by atoms with Gasteiger partial charge in [-0.2, -0.15) is 4.89 Å². The highest BCUT2D eigenvalue weighted by molar-refractivity contribution is 5.87. The Balaban J connectivity index is 4.30. The molecule has 0 aromatic heterocycles. The maximum atomic E-state index is 11.5. The van der Waals surface area contributed by atoms with Crippen LogP contribution in [0, 0.1) is 11.5 Å². The molecule has 0 saturated carbocycles. The van der Waals surface area contributed by atoms with Crippen LogP contribution in [0.15, 0.2) is 11.8 Å². The van der Waals surface area contributed by atoms with E-state index in [4.69, 9.17) is 14.5 Å². The second kappa shape index (κ2) is 6.94. The Morgan fingerprint density at radius 2 is 1.58 bits per heavy atom. The van der Waals surface area contributed by atoms with Crippen molar-refractivity contribution in [1.82, 2.24) is 0 Å². The zero-order valence-corrected chi connectivity index (χ0v) is 13.4. The average Bonchev–Trinajstić information content (AvgIpc) is 2.11. The normalized spacial score (nSPS) is 13.6. The molecule has 0 aliphatic heterocycles. The fourth-order valence-electron chi connectivity index (χ4n) is 1.85. The van der Waals surface area contributed by atoms with Crippen LogP contribution in [0.1, 0.15) is 61.8 Å². The molecule has 0 aliphatic carbocycles. The van der Waals surface area contributed by atoms with Gasteiger partial charge in [0.25, 0.3) is 0 Å². The van der Waals surface area contributed by atoms with Gasteiger partial charge in [0.2, 0.25) is 0 Å². The molecule has 0 unspecified atom stereocenters. The van der Waals surface area contributed by atoms with Crippen molar-refractivity contribution in [3.8, 4) is 0 Å². The third-order valence-electron chi connectivity index (χ3n) is 2.07. The smallest absolute Gasteiger partial charge is 0.337 e. The van der Waals surface area contributed by atoms with E-state index in [1.165, 1.54) is 6.26 Å². The standard InChI is InChI=1S/C15H27O4/c1-11(2)18-13(16)12(3)9-17-19-15(7,8)10-14(4,5)6/h9H,10H2,1-8H3. The molecule has 0 aliphatic rings. The number of ether oxygens (including phenoxy) is 1. The third-order valence-corrected chi connectivity index (χ3v) is 2.07. The Morgan fingerprint density at radius 3 is 2.00 bits per heavy atom. The van der Waals surface area contributed by atoms with Crippen LogP contribution in [0.5, 0.6) is 0 Å².